The molecule has 0 unspecified atom stereocenters. The average Bonchev–Trinajstić information content (AvgIpc) is 2.53. The maximum Gasteiger partial charge on any atom is 0.179 e. The number of hydrogen-bond donors (Lipinski definition) is 0. The summed E-state index contributed by atoms with van der Waals surface area (Å²) >= 11 is 0. The summed E-state index contributed by atoms with van der Waals surface area (Å²) in [5.74, 6) is 0.131. The first-order chi connectivity index (χ1) is 10.0. The Labute approximate surface area is 127 Å². The van der Waals surface area contributed by atoms with E-state index in [1.165, 1.54) is 44.2 Å². The van der Waals surface area contributed by atoms with Crippen LogP contribution in [-0.2, 0) is 9.84 Å². The van der Waals surface area contributed by atoms with Crippen LogP contribution in [0.4, 0.5) is 0 Å². The summed E-state index contributed by atoms with van der Waals surface area (Å²) in [6.45, 7) is 0.563. The van der Waals surface area contributed by atoms with Crippen LogP contribution in [-0.4, -0.2) is 38.7 Å². The average molecular weight is 306 g/mol. The predicted molar refractivity (Wildman–Crippen MR) is 82.7 cm³/mol. The third-order valence-electron chi connectivity index (χ3n) is 4.25. The summed E-state index contributed by atoms with van der Waals surface area (Å²) in [6, 6.07) is 8.67. The molecule has 1 aromatic rings. The largest absolute Gasteiger partial charge is 0.302 e. The number of nitrogens with zero attached hydrogens (tertiary/aromatic N) is 2. The Balaban J connectivity index is 1.95. The topological polar surface area (TPSA) is 61.2 Å². The smallest absolute Gasteiger partial charge is 0.179 e. The third-order valence-corrected chi connectivity index (χ3v) is 5.96. The van der Waals surface area contributed by atoms with E-state index in [1.807, 2.05) is 13.1 Å². The SMILES string of the molecule is CN(CCS(=O)(=O)c1ccc(C#N)cc1)C1CCCCC1. The van der Waals surface area contributed by atoms with Crippen LogP contribution in [0.1, 0.15) is 37.7 Å². The van der Waals surface area contributed by atoms with E-state index >= 15 is 0 Å². The highest BCUT2D eigenvalue weighted by atomic mass is 32.2. The lowest BCUT2D eigenvalue weighted by atomic mass is 9.94. The number of nitriles is 1. The molecule has 1 fully saturated rings. The van der Waals surface area contributed by atoms with Gasteiger partial charge in [0.2, 0.25) is 0 Å². The fourth-order valence-corrected chi connectivity index (χ4v) is 4.14. The molecule has 2 rings (SSSR count). The van der Waals surface area contributed by atoms with Crippen LogP contribution < -0.4 is 0 Å². The standard InChI is InChI=1S/C16H22N2O2S/c1-18(15-5-3-2-4-6-15)11-12-21(19,20)16-9-7-14(13-17)8-10-16/h7-10,15H,2-6,11-12H2,1H3. The molecule has 0 radical (unpaired) electrons. The summed E-state index contributed by atoms with van der Waals surface area (Å²) in [4.78, 5) is 2.49. The van der Waals surface area contributed by atoms with Crippen molar-refractivity contribution in [3.63, 3.8) is 0 Å². The van der Waals surface area contributed by atoms with Gasteiger partial charge in [-0.15, -0.1) is 0 Å². The first kappa shape index (κ1) is 16.0. The Morgan fingerprint density at radius 1 is 1.19 bits per heavy atom. The van der Waals surface area contributed by atoms with Crippen LogP contribution in [0.5, 0.6) is 0 Å². The van der Waals surface area contributed by atoms with Crippen molar-refractivity contribution >= 4 is 9.84 Å². The summed E-state index contributed by atoms with van der Waals surface area (Å²) in [5.41, 5.74) is 0.480. The summed E-state index contributed by atoms with van der Waals surface area (Å²) in [7, 11) is -1.25. The van der Waals surface area contributed by atoms with Gasteiger partial charge in [-0.2, -0.15) is 5.26 Å². The minimum atomic E-state index is -3.27. The maximum absolute atomic E-state index is 12.3. The highest BCUT2D eigenvalue weighted by molar-refractivity contribution is 7.91. The molecule has 0 spiro atoms. The molecule has 1 aromatic carbocycles. The minimum Gasteiger partial charge on any atom is -0.302 e. The quantitative estimate of drug-likeness (QED) is 0.839. The van der Waals surface area contributed by atoms with E-state index < -0.39 is 9.84 Å². The van der Waals surface area contributed by atoms with Crippen LogP contribution in [0.3, 0.4) is 0 Å². The van der Waals surface area contributed by atoms with Gasteiger partial charge in [0.25, 0.3) is 0 Å². The van der Waals surface area contributed by atoms with Crippen molar-refractivity contribution in [1.82, 2.24) is 4.90 Å². The van der Waals surface area contributed by atoms with E-state index in [0.29, 0.717) is 23.0 Å². The molecule has 0 aliphatic heterocycles. The molecule has 0 aromatic heterocycles. The molecule has 4 nitrogen and oxygen atoms in total. The second kappa shape index (κ2) is 7.06. The molecule has 0 N–H and O–H groups in total. The number of sulfone groups is 1. The van der Waals surface area contributed by atoms with Gasteiger partial charge in [0, 0.05) is 12.6 Å². The molecule has 1 aliphatic rings. The Bertz CT molecular complexity index is 596. The first-order valence-electron chi connectivity index (χ1n) is 7.46. The Hall–Kier alpha value is -1.38. The van der Waals surface area contributed by atoms with E-state index in [9.17, 15) is 8.42 Å². The zero-order valence-corrected chi connectivity index (χ0v) is 13.3. The summed E-state index contributed by atoms with van der Waals surface area (Å²) in [6.07, 6.45) is 6.14. The highest BCUT2D eigenvalue weighted by Crippen LogP contribution is 2.22. The molecule has 0 saturated heterocycles. The molecular weight excluding hydrogens is 284 g/mol. The van der Waals surface area contributed by atoms with E-state index in [0.717, 1.165) is 0 Å². The molecule has 114 valence electrons. The Morgan fingerprint density at radius 2 is 1.81 bits per heavy atom. The van der Waals surface area contributed by atoms with E-state index in [1.54, 1.807) is 12.1 Å². The van der Waals surface area contributed by atoms with E-state index in [-0.39, 0.29) is 5.75 Å². The first-order valence-corrected chi connectivity index (χ1v) is 9.11. The van der Waals surface area contributed by atoms with Gasteiger partial charge in [-0.25, -0.2) is 8.42 Å². The van der Waals surface area contributed by atoms with Gasteiger partial charge in [0.05, 0.1) is 22.3 Å². The van der Waals surface area contributed by atoms with Crippen LogP contribution in [0.15, 0.2) is 29.2 Å². The van der Waals surface area contributed by atoms with E-state index in [2.05, 4.69) is 4.90 Å². The lowest BCUT2D eigenvalue weighted by Gasteiger charge is -2.31. The number of rotatable bonds is 5. The predicted octanol–water partition coefficient (Wildman–Crippen LogP) is 2.60. The molecule has 0 atom stereocenters. The van der Waals surface area contributed by atoms with Crippen LogP contribution in [0.25, 0.3) is 0 Å². The normalized spacial score (nSPS) is 16.8. The van der Waals surface area contributed by atoms with Crippen LogP contribution in [0.2, 0.25) is 0 Å². The van der Waals surface area contributed by atoms with Crippen molar-refractivity contribution in [3.05, 3.63) is 29.8 Å². The molecule has 21 heavy (non-hydrogen) atoms. The fourth-order valence-electron chi connectivity index (χ4n) is 2.82. The molecule has 0 bridgehead atoms. The van der Waals surface area contributed by atoms with Gasteiger partial charge >= 0.3 is 0 Å². The number of benzene rings is 1. The Morgan fingerprint density at radius 3 is 2.38 bits per heavy atom. The second-order valence-electron chi connectivity index (χ2n) is 5.73. The summed E-state index contributed by atoms with van der Waals surface area (Å²) in [5, 5.41) is 8.75. The zero-order chi connectivity index (χ0) is 15.3. The third kappa shape index (κ3) is 4.29. The minimum absolute atomic E-state index is 0.131. The van der Waals surface area contributed by atoms with Crippen molar-refractivity contribution in [1.29, 1.82) is 5.26 Å². The lowest BCUT2D eigenvalue weighted by molar-refractivity contribution is 0.201. The lowest BCUT2D eigenvalue weighted by Crippen LogP contribution is -2.36. The van der Waals surface area contributed by atoms with Crippen molar-refractivity contribution in [2.24, 2.45) is 0 Å². The van der Waals surface area contributed by atoms with Crippen LogP contribution >= 0.6 is 0 Å². The van der Waals surface area contributed by atoms with Gasteiger partial charge in [-0.1, -0.05) is 19.3 Å². The van der Waals surface area contributed by atoms with E-state index in [4.69, 9.17) is 5.26 Å². The summed E-state index contributed by atoms with van der Waals surface area (Å²) < 4.78 is 24.6. The zero-order valence-electron chi connectivity index (χ0n) is 12.5. The monoisotopic (exact) mass is 306 g/mol. The van der Waals surface area contributed by atoms with Gasteiger partial charge in [0.15, 0.2) is 9.84 Å². The molecule has 1 saturated carbocycles. The van der Waals surface area contributed by atoms with Crippen molar-refractivity contribution in [2.75, 3.05) is 19.3 Å². The van der Waals surface area contributed by atoms with Gasteiger partial charge in [0.1, 0.15) is 0 Å². The molecule has 0 heterocycles. The van der Waals surface area contributed by atoms with Gasteiger partial charge < -0.3 is 4.90 Å². The molecule has 0 amide bonds. The second-order valence-corrected chi connectivity index (χ2v) is 7.84. The van der Waals surface area contributed by atoms with Gasteiger partial charge in [-0.3, -0.25) is 0 Å². The van der Waals surface area contributed by atoms with Crippen molar-refractivity contribution in [2.45, 2.75) is 43.0 Å². The molecular formula is C16H22N2O2S. The fraction of sp³-hybridized carbons (Fsp3) is 0.562. The van der Waals surface area contributed by atoms with Gasteiger partial charge in [-0.05, 0) is 44.2 Å². The molecule has 1 aliphatic carbocycles. The number of hydrogen-bond acceptors (Lipinski definition) is 4. The highest BCUT2D eigenvalue weighted by Gasteiger charge is 2.21. The Kier molecular flexibility index (Phi) is 5.38. The van der Waals surface area contributed by atoms with Crippen molar-refractivity contribution in [3.8, 4) is 6.07 Å². The maximum atomic E-state index is 12.3. The van der Waals surface area contributed by atoms with Crippen LogP contribution in [0, 0.1) is 11.3 Å². The van der Waals surface area contributed by atoms with Crippen molar-refractivity contribution < 1.29 is 8.42 Å². The molecule has 5 heteroatoms.